The Morgan fingerprint density at radius 3 is 2.38 bits per heavy atom. The van der Waals surface area contributed by atoms with Crippen LogP contribution >= 0.6 is 11.6 Å². The van der Waals surface area contributed by atoms with Crippen LogP contribution < -0.4 is 10.6 Å². The summed E-state index contributed by atoms with van der Waals surface area (Å²) >= 11 is 5.97. The van der Waals surface area contributed by atoms with Crippen molar-refractivity contribution in [2.45, 2.75) is 6.42 Å². The van der Waals surface area contributed by atoms with Crippen LogP contribution in [0.15, 0.2) is 48.5 Å². The standard InChI is InChI=1S/C22H24ClN5O/c1-27-11-2-12-28(14-13-27)18-9-5-16(6-10-18)22-25-19(20(26-22)21(24)29)15-3-7-17(23)8-4-15/h3-10H,2,11-14H2,1H3,(H2,24,29)(H,25,26). The summed E-state index contributed by atoms with van der Waals surface area (Å²) in [5.74, 6) is 0.0740. The Morgan fingerprint density at radius 2 is 1.69 bits per heavy atom. The van der Waals surface area contributed by atoms with E-state index in [1.807, 2.05) is 24.3 Å². The van der Waals surface area contributed by atoms with Crippen molar-refractivity contribution in [2.75, 3.05) is 38.1 Å². The van der Waals surface area contributed by atoms with E-state index in [1.165, 1.54) is 5.69 Å². The third-order valence-electron chi connectivity index (χ3n) is 5.29. The topological polar surface area (TPSA) is 78.2 Å². The van der Waals surface area contributed by atoms with E-state index in [-0.39, 0.29) is 0 Å². The number of H-pyrrole nitrogens is 1. The third kappa shape index (κ3) is 4.28. The van der Waals surface area contributed by atoms with Crippen LogP contribution in [0.5, 0.6) is 0 Å². The average molecular weight is 410 g/mol. The van der Waals surface area contributed by atoms with Crippen molar-refractivity contribution in [2.24, 2.45) is 5.73 Å². The maximum Gasteiger partial charge on any atom is 0.267 e. The molecule has 0 bridgehead atoms. The van der Waals surface area contributed by atoms with Gasteiger partial charge >= 0.3 is 0 Å². The van der Waals surface area contributed by atoms with Gasteiger partial charge in [0.25, 0.3) is 5.91 Å². The quantitative estimate of drug-likeness (QED) is 0.689. The van der Waals surface area contributed by atoms with E-state index < -0.39 is 5.91 Å². The molecule has 3 aromatic rings. The van der Waals surface area contributed by atoms with E-state index in [1.54, 1.807) is 12.1 Å². The highest BCUT2D eigenvalue weighted by Crippen LogP contribution is 2.28. The Hall–Kier alpha value is -2.83. The van der Waals surface area contributed by atoms with Crippen molar-refractivity contribution in [3.63, 3.8) is 0 Å². The monoisotopic (exact) mass is 409 g/mol. The van der Waals surface area contributed by atoms with E-state index in [9.17, 15) is 4.79 Å². The molecular weight excluding hydrogens is 386 g/mol. The summed E-state index contributed by atoms with van der Waals surface area (Å²) in [4.78, 5) is 24.4. The van der Waals surface area contributed by atoms with Crippen LogP contribution in [-0.4, -0.2) is 54.0 Å². The van der Waals surface area contributed by atoms with Gasteiger partial charge in [0.2, 0.25) is 0 Å². The number of aromatic nitrogens is 2. The summed E-state index contributed by atoms with van der Waals surface area (Å²) in [5, 5.41) is 0.625. The number of anilines is 1. The molecule has 4 rings (SSSR count). The van der Waals surface area contributed by atoms with Crippen LogP contribution in [0.3, 0.4) is 0 Å². The number of carbonyl (C=O) groups excluding carboxylic acids is 1. The summed E-state index contributed by atoms with van der Waals surface area (Å²) in [7, 11) is 2.16. The number of rotatable bonds is 4. The number of benzene rings is 2. The molecular formula is C22H24ClN5O. The molecule has 1 aliphatic heterocycles. The summed E-state index contributed by atoms with van der Waals surface area (Å²) in [5.41, 5.74) is 9.29. The summed E-state index contributed by atoms with van der Waals surface area (Å²) in [6.07, 6.45) is 1.16. The largest absolute Gasteiger partial charge is 0.370 e. The number of likely N-dealkylation sites (N-methyl/N-ethyl adjacent to an activating group) is 1. The first-order valence-corrected chi connectivity index (χ1v) is 10.1. The lowest BCUT2D eigenvalue weighted by molar-refractivity contribution is 0.0997. The van der Waals surface area contributed by atoms with Gasteiger partial charge in [0.15, 0.2) is 0 Å². The van der Waals surface area contributed by atoms with Crippen LogP contribution in [-0.2, 0) is 0 Å². The molecule has 2 heterocycles. The second kappa shape index (κ2) is 8.27. The number of primary amides is 1. The van der Waals surface area contributed by atoms with Gasteiger partial charge in [-0.15, -0.1) is 0 Å². The lowest BCUT2D eigenvalue weighted by Crippen LogP contribution is -2.28. The molecule has 0 aliphatic carbocycles. The van der Waals surface area contributed by atoms with Gasteiger partial charge in [-0.2, -0.15) is 0 Å². The van der Waals surface area contributed by atoms with E-state index in [0.29, 0.717) is 22.2 Å². The van der Waals surface area contributed by atoms with Crippen molar-refractivity contribution in [3.05, 3.63) is 59.2 Å². The number of halogens is 1. The fourth-order valence-electron chi connectivity index (χ4n) is 3.64. The first-order valence-electron chi connectivity index (χ1n) is 9.71. The van der Waals surface area contributed by atoms with Crippen molar-refractivity contribution in [1.29, 1.82) is 0 Å². The first-order chi connectivity index (χ1) is 14.0. The molecule has 7 heteroatoms. The number of carbonyl (C=O) groups is 1. The summed E-state index contributed by atoms with van der Waals surface area (Å²) < 4.78 is 0. The fourth-order valence-corrected chi connectivity index (χ4v) is 3.77. The number of imidazole rings is 1. The highest BCUT2D eigenvalue weighted by Gasteiger charge is 2.18. The zero-order valence-electron chi connectivity index (χ0n) is 16.4. The molecule has 6 nitrogen and oxygen atoms in total. The van der Waals surface area contributed by atoms with Crippen LogP contribution in [0.1, 0.15) is 16.9 Å². The number of hydrogen-bond donors (Lipinski definition) is 2. The minimum atomic E-state index is -0.543. The zero-order chi connectivity index (χ0) is 20.4. The minimum Gasteiger partial charge on any atom is -0.370 e. The summed E-state index contributed by atoms with van der Waals surface area (Å²) in [6, 6.07) is 15.5. The Kier molecular flexibility index (Phi) is 5.56. The number of nitrogens with zero attached hydrogens (tertiary/aromatic N) is 3. The molecule has 150 valence electrons. The molecule has 0 radical (unpaired) electrons. The maximum atomic E-state index is 11.9. The lowest BCUT2D eigenvalue weighted by atomic mass is 10.1. The molecule has 2 aromatic carbocycles. The molecule has 1 fully saturated rings. The Labute approximate surface area is 175 Å². The predicted molar refractivity (Wildman–Crippen MR) is 117 cm³/mol. The van der Waals surface area contributed by atoms with Crippen LogP contribution in [0.2, 0.25) is 5.02 Å². The van der Waals surface area contributed by atoms with Gasteiger partial charge in [-0.3, -0.25) is 4.79 Å². The third-order valence-corrected chi connectivity index (χ3v) is 5.55. The second-order valence-corrected chi connectivity index (χ2v) is 7.81. The van der Waals surface area contributed by atoms with Crippen molar-refractivity contribution < 1.29 is 4.79 Å². The van der Waals surface area contributed by atoms with Crippen molar-refractivity contribution in [1.82, 2.24) is 14.9 Å². The molecule has 1 saturated heterocycles. The SMILES string of the molecule is CN1CCCN(c2ccc(-c3nc(-c4ccc(Cl)cc4)c(C(N)=O)[nH]3)cc2)CC1. The molecule has 1 aromatic heterocycles. The van der Waals surface area contributed by atoms with Gasteiger partial charge in [0.1, 0.15) is 17.2 Å². The van der Waals surface area contributed by atoms with Gasteiger partial charge in [0, 0.05) is 41.5 Å². The second-order valence-electron chi connectivity index (χ2n) is 7.37. The Balaban J connectivity index is 1.62. The highest BCUT2D eigenvalue weighted by molar-refractivity contribution is 6.30. The van der Waals surface area contributed by atoms with E-state index in [0.717, 1.165) is 43.7 Å². The smallest absolute Gasteiger partial charge is 0.267 e. The molecule has 0 spiro atoms. The molecule has 0 atom stereocenters. The minimum absolute atomic E-state index is 0.293. The van der Waals surface area contributed by atoms with Crippen molar-refractivity contribution >= 4 is 23.2 Å². The molecule has 0 saturated carbocycles. The van der Waals surface area contributed by atoms with Gasteiger partial charge < -0.3 is 20.5 Å². The Morgan fingerprint density at radius 1 is 1.00 bits per heavy atom. The first kappa shape index (κ1) is 19.5. The van der Waals surface area contributed by atoms with Crippen LogP contribution in [0.25, 0.3) is 22.6 Å². The molecule has 1 amide bonds. The predicted octanol–water partition coefficient (Wildman–Crippen LogP) is 3.64. The van der Waals surface area contributed by atoms with Crippen LogP contribution in [0.4, 0.5) is 5.69 Å². The fraction of sp³-hybridized carbons (Fsp3) is 0.273. The molecule has 29 heavy (non-hydrogen) atoms. The average Bonchev–Trinajstić information content (AvgIpc) is 3.06. The molecule has 0 unspecified atom stereocenters. The van der Waals surface area contributed by atoms with Crippen molar-refractivity contribution in [3.8, 4) is 22.6 Å². The van der Waals surface area contributed by atoms with Gasteiger partial charge in [-0.25, -0.2) is 4.98 Å². The normalized spacial score (nSPS) is 15.3. The van der Waals surface area contributed by atoms with Gasteiger partial charge in [-0.05, 0) is 56.4 Å². The van der Waals surface area contributed by atoms with Gasteiger partial charge in [-0.1, -0.05) is 23.7 Å². The van der Waals surface area contributed by atoms with Gasteiger partial charge in [0.05, 0.1) is 0 Å². The van der Waals surface area contributed by atoms with E-state index in [2.05, 4.69) is 38.9 Å². The zero-order valence-corrected chi connectivity index (χ0v) is 17.1. The van der Waals surface area contributed by atoms with E-state index in [4.69, 9.17) is 17.3 Å². The highest BCUT2D eigenvalue weighted by atomic mass is 35.5. The number of nitrogens with one attached hydrogen (secondary N) is 1. The molecule has 3 N–H and O–H groups in total. The van der Waals surface area contributed by atoms with Crippen LogP contribution in [0, 0.1) is 0 Å². The maximum absolute atomic E-state index is 11.9. The summed E-state index contributed by atoms with van der Waals surface area (Å²) in [6.45, 7) is 4.26. The molecule has 1 aliphatic rings. The number of aromatic amines is 1. The lowest BCUT2D eigenvalue weighted by Gasteiger charge is -2.22. The number of hydrogen-bond acceptors (Lipinski definition) is 4. The van der Waals surface area contributed by atoms with E-state index >= 15 is 0 Å². The Bertz CT molecular complexity index is 997. The number of nitrogens with two attached hydrogens (primary N) is 1. The number of amides is 1.